The summed E-state index contributed by atoms with van der Waals surface area (Å²) in [6, 6.07) is 10.6. The molecule has 0 aliphatic carbocycles. The standard InChI is InChI=1S/C16H15F2NO2S/c1-21-13-4-2-3-11(7-13)9-19-16(20)10-22-15-6-5-12(17)8-14(15)18/h2-8H,9-10H2,1H3,(H,19,20). The minimum absolute atomic E-state index is 0.0620. The lowest BCUT2D eigenvalue weighted by Crippen LogP contribution is -2.24. The van der Waals surface area contributed by atoms with E-state index >= 15 is 0 Å². The van der Waals surface area contributed by atoms with Gasteiger partial charge in [-0.1, -0.05) is 12.1 Å². The second kappa shape index (κ2) is 7.79. The third-order valence-corrected chi connectivity index (χ3v) is 3.93. The van der Waals surface area contributed by atoms with Gasteiger partial charge in [-0.15, -0.1) is 11.8 Å². The van der Waals surface area contributed by atoms with E-state index in [1.807, 2.05) is 24.3 Å². The van der Waals surface area contributed by atoms with Crippen LogP contribution in [-0.2, 0) is 11.3 Å². The van der Waals surface area contributed by atoms with Gasteiger partial charge in [-0.3, -0.25) is 4.79 Å². The van der Waals surface area contributed by atoms with Crippen LogP contribution in [0, 0.1) is 11.6 Å². The Hall–Kier alpha value is -2.08. The molecule has 0 fully saturated rings. The van der Waals surface area contributed by atoms with Gasteiger partial charge in [-0.05, 0) is 29.8 Å². The second-order valence-electron chi connectivity index (χ2n) is 4.49. The molecule has 0 aromatic heterocycles. The van der Waals surface area contributed by atoms with Crippen molar-refractivity contribution in [1.82, 2.24) is 5.32 Å². The lowest BCUT2D eigenvalue weighted by atomic mass is 10.2. The van der Waals surface area contributed by atoms with E-state index in [2.05, 4.69) is 5.32 Å². The van der Waals surface area contributed by atoms with E-state index in [-0.39, 0.29) is 16.6 Å². The van der Waals surface area contributed by atoms with Crippen LogP contribution in [-0.4, -0.2) is 18.8 Å². The largest absolute Gasteiger partial charge is 0.497 e. The zero-order valence-corrected chi connectivity index (χ0v) is 12.8. The molecule has 1 amide bonds. The number of nitrogens with one attached hydrogen (secondary N) is 1. The Balaban J connectivity index is 1.82. The minimum atomic E-state index is -0.661. The summed E-state index contributed by atoms with van der Waals surface area (Å²) in [5.74, 6) is -0.743. The average Bonchev–Trinajstić information content (AvgIpc) is 2.52. The Bertz CT molecular complexity index is 664. The number of carbonyl (C=O) groups is 1. The normalized spacial score (nSPS) is 10.3. The third-order valence-electron chi connectivity index (χ3n) is 2.88. The topological polar surface area (TPSA) is 38.3 Å². The van der Waals surface area contributed by atoms with Crippen molar-refractivity contribution < 1.29 is 18.3 Å². The van der Waals surface area contributed by atoms with Crippen LogP contribution < -0.4 is 10.1 Å². The molecule has 1 N–H and O–H groups in total. The van der Waals surface area contributed by atoms with Gasteiger partial charge in [0, 0.05) is 17.5 Å². The molecule has 0 saturated carbocycles. The first-order valence-corrected chi connectivity index (χ1v) is 7.54. The molecule has 0 radical (unpaired) electrons. The van der Waals surface area contributed by atoms with Crippen molar-refractivity contribution >= 4 is 17.7 Å². The number of hydrogen-bond donors (Lipinski definition) is 1. The first-order valence-electron chi connectivity index (χ1n) is 6.56. The van der Waals surface area contributed by atoms with Gasteiger partial charge in [0.1, 0.15) is 17.4 Å². The van der Waals surface area contributed by atoms with Gasteiger partial charge in [-0.25, -0.2) is 8.78 Å². The van der Waals surface area contributed by atoms with Crippen molar-refractivity contribution in [3.63, 3.8) is 0 Å². The minimum Gasteiger partial charge on any atom is -0.497 e. The van der Waals surface area contributed by atoms with Gasteiger partial charge >= 0.3 is 0 Å². The van der Waals surface area contributed by atoms with E-state index in [0.717, 1.165) is 29.1 Å². The Morgan fingerprint density at radius 3 is 2.77 bits per heavy atom. The van der Waals surface area contributed by atoms with Crippen LogP contribution in [0.2, 0.25) is 0 Å². The summed E-state index contributed by atoms with van der Waals surface area (Å²) < 4.78 is 31.3. The first kappa shape index (κ1) is 16.3. The number of methoxy groups -OCH3 is 1. The number of ether oxygens (including phenoxy) is 1. The van der Waals surface area contributed by atoms with Crippen LogP contribution in [0.15, 0.2) is 47.4 Å². The molecule has 22 heavy (non-hydrogen) atoms. The SMILES string of the molecule is COc1cccc(CNC(=O)CSc2ccc(F)cc2F)c1. The van der Waals surface area contributed by atoms with Gasteiger partial charge in [0.2, 0.25) is 5.91 Å². The molecule has 0 aliphatic heterocycles. The van der Waals surface area contributed by atoms with Crippen molar-refractivity contribution in [1.29, 1.82) is 0 Å². The zero-order valence-electron chi connectivity index (χ0n) is 11.9. The van der Waals surface area contributed by atoms with Crippen molar-refractivity contribution in [3.8, 4) is 5.75 Å². The van der Waals surface area contributed by atoms with Gasteiger partial charge in [-0.2, -0.15) is 0 Å². The number of thioether (sulfide) groups is 1. The monoisotopic (exact) mass is 323 g/mol. The van der Waals surface area contributed by atoms with Crippen molar-refractivity contribution in [3.05, 3.63) is 59.7 Å². The fourth-order valence-corrected chi connectivity index (χ4v) is 2.52. The number of carbonyl (C=O) groups excluding carboxylic acids is 1. The molecule has 116 valence electrons. The van der Waals surface area contributed by atoms with Crippen LogP contribution in [0.1, 0.15) is 5.56 Å². The van der Waals surface area contributed by atoms with E-state index in [1.54, 1.807) is 7.11 Å². The number of hydrogen-bond acceptors (Lipinski definition) is 3. The van der Waals surface area contributed by atoms with Crippen LogP contribution in [0.5, 0.6) is 5.75 Å². The molecular weight excluding hydrogens is 308 g/mol. The summed E-state index contributed by atoms with van der Waals surface area (Å²) in [5, 5.41) is 2.74. The Morgan fingerprint density at radius 1 is 1.23 bits per heavy atom. The quantitative estimate of drug-likeness (QED) is 0.828. The summed E-state index contributed by atoms with van der Waals surface area (Å²) in [5.41, 5.74) is 0.908. The zero-order chi connectivity index (χ0) is 15.9. The molecule has 6 heteroatoms. The lowest BCUT2D eigenvalue weighted by molar-refractivity contribution is -0.118. The van der Waals surface area contributed by atoms with Gasteiger partial charge < -0.3 is 10.1 Å². The summed E-state index contributed by atoms with van der Waals surface area (Å²) in [6.07, 6.45) is 0. The Kier molecular flexibility index (Phi) is 5.77. The van der Waals surface area contributed by atoms with Crippen LogP contribution in [0.25, 0.3) is 0 Å². The predicted octanol–water partition coefficient (Wildman–Crippen LogP) is 3.38. The fraction of sp³-hybridized carbons (Fsp3) is 0.188. The molecular formula is C16H15F2NO2S. The van der Waals surface area contributed by atoms with Crippen LogP contribution in [0.3, 0.4) is 0 Å². The maximum Gasteiger partial charge on any atom is 0.230 e. The average molecular weight is 323 g/mol. The van der Waals surface area contributed by atoms with E-state index in [0.29, 0.717) is 6.54 Å². The highest BCUT2D eigenvalue weighted by Gasteiger charge is 2.08. The molecule has 0 unspecified atom stereocenters. The summed E-state index contributed by atoms with van der Waals surface area (Å²) in [4.78, 5) is 12.0. The van der Waals surface area contributed by atoms with Gasteiger partial charge in [0.15, 0.2) is 0 Å². The Labute approximate surface area is 131 Å². The van der Waals surface area contributed by atoms with E-state index in [9.17, 15) is 13.6 Å². The molecule has 2 aromatic carbocycles. The predicted molar refractivity (Wildman–Crippen MR) is 81.9 cm³/mol. The molecule has 0 saturated heterocycles. The highest BCUT2D eigenvalue weighted by molar-refractivity contribution is 8.00. The lowest BCUT2D eigenvalue weighted by Gasteiger charge is -2.07. The Morgan fingerprint density at radius 2 is 2.05 bits per heavy atom. The first-order chi connectivity index (χ1) is 10.6. The number of halogens is 2. The summed E-state index contributed by atoms with van der Waals surface area (Å²) in [6.45, 7) is 0.364. The van der Waals surface area contributed by atoms with E-state index in [4.69, 9.17) is 4.74 Å². The van der Waals surface area contributed by atoms with E-state index in [1.165, 1.54) is 12.1 Å². The second-order valence-corrected chi connectivity index (χ2v) is 5.51. The number of amides is 1. The summed E-state index contributed by atoms with van der Waals surface area (Å²) >= 11 is 1.03. The molecule has 0 atom stereocenters. The molecule has 0 aliphatic rings. The molecule has 2 aromatic rings. The van der Waals surface area contributed by atoms with E-state index < -0.39 is 11.6 Å². The molecule has 0 heterocycles. The maximum absolute atomic E-state index is 13.4. The maximum atomic E-state index is 13.4. The smallest absolute Gasteiger partial charge is 0.230 e. The highest BCUT2D eigenvalue weighted by Crippen LogP contribution is 2.22. The molecule has 3 nitrogen and oxygen atoms in total. The third kappa shape index (κ3) is 4.73. The molecule has 0 spiro atoms. The van der Waals surface area contributed by atoms with Crippen molar-refractivity contribution in [2.75, 3.05) is 12.9 Å². The summed E-state index contributed by atoms with van der Waals surface area (Å²) in [7, 11) is 1.57. The van der Waals surface area contributed by atoms with Gasteiger partial charge in [0.05, 0.1) is 12.9 Å². The van der Waals surface area contributed by atoms with Crippen LogP contribution >= 0.6 is 11.8 Å². The van der Waals surface area contributed by atoms with Crippen molar-refractivity contribution in [2.24, 2.45) is 0 Å². The van der Waals surface area contributed by atoms with Gasteiger partial charge in [0.25, 0.3) is 0 Å². The van der Waals surface area contributed by atoms with Crippen molar-refractivity contribution in [2.45, 2.75) is 11.4 Å². The fourth-order valence-electron chi connectivity index (χ4n) is 1.77. The van der Waals surface area contributed by atoms with Crippen LogP contribution in [0.4, 0.5) is 8.78 Å². The molecule has 0 bridgehead atoms. The number of rotatable bonds is 6. The number of benzene rings is 2. The highest BCUT2D eigenvalue weighted by atomic mass is 32.2. The molecule has 2 rings (SSSR count).